The van der Waals surface area contributed by atoms with Crippen LogP contribution in [0.15, 0.2) is 78.9 Å². The fourth-order valence-corrected chi connectivity index (χ4v) is 3.95. The molecule has 0 aliphatic carbocycles. The molecule has 0 aliphatic heterocycles. The fourth-order valence-electron chi connectivity index (χ4n) is 3.83. The lowest BCUT2D eigenvalue weighted by atomic mass is 9.85. The molecule has 0 radical (unpaired) electrons. The number of hydrogen-bond acceptors (Lipinski definition) is 1. The summed E-state index contributed by atoms with van der Waals surface area (Å²) < 4.78 is 0. The van der Waals surface area contributed by atoms with Gasteiger partial charge in [-0.25, -0.2) is 0 Å². The summed E-state index contributed by atoms with van der Waals surface area (Å²) in [5.41, 5.74) is 4.36. The average molecular weight is 405 g/mol. The van der Waals surface area contributed by atoms with Crippen molar-refractivity contribution in [2.45, 2.75) is 39.5 Å². The minimum Gasteiger partial charge on any atom is -0.294 e. The highest BCUT2D eigenvalue weighted by molar-refractivity contribution is 6.30. The van der Waals surface area contributed by atoms with E-state index in [9.17, 15) is 4.79 Å². The number of rotatable bonds is 9. The van der Waals surface area contributed by atoms with Crippen LogP contribution in [0.25, 0.3) is 11.1 Å². The molecule has 0 bridgehead atoms. The van der Waals surface area contributed by atoms with E-state index in [0.717, 1.165) is 47.4 Å². The van der Waals surface area contributed by atoms with E-state index < -0.39 is 0 Å². The fraction of sp³-hybridized carbons (Fsp3) is 0.296. The summed E-state index contributed by atoms with van der Waals surface area (Å²) in [5.74, 6) is 0.864. The van der Waals surface area contributed by atoms with E-state index >= 15 is 0 Å². The van der Waals surface area contributed by atoms with Crippen LogP contribution in [-0.4, -0.2) is 5.78 Å². The molecule has 1 unspecified atom stereocenters. The van der Waals surface area contributed by atoms with Crippen molar-refractivity contribution >= 4 is 17.4 Å². The van der Waals surface area contributed by atoms with Crippen molar-refractivity contribution in [1.29, 1.82) is 0 Å². The Morgan fingerprint density at radius 2 is 1.41 bits per heavy atom. The van der Waals surface area contributed by atoms with Gasteiger partial charge in [0.1, 0.15) is 0 Å². The van der Waals surface area contributed by atoms with Gasteiger partial charge in [-0.2, -0.15) is 0 Å². The first-order valence-corrected chi connectivity index (χ1v) is 10.8. The molecule has 0 fully saturated rings. The van der Waals surface area contributed by atoms with Gasteiger partial charge in [0.15, 0.2) is 5.78 Å². The van der Waals surface area contributed by atoms with Gasteiger partial charge in [-0.15, -0.1) is 0 Å². The summed E-state index contributed by atoms with van der Waals surface area (Å²) in [6.45, 7) is 4.39. The van der Waals surface area contributed by atoms with Gasteiger partial charge in [-0.05, 0) is 60.4 Å². The number of aryl methyl sites for hydroxylation is 1. The zero-order chi connectivity index (χ0) is 20.6. The molecular formula is C27H29ClO. The van der Waals surface area contributed by atoms with Gasteiger partial charge >= 0.3 is 0 Å². The topological polar surface area (TPSA) is 17.1 Å². The van der Waals surface area contributed by atoms with Gasteiger partial charge in [0.25, 0.3) is 0 Å². The Hall–Kier alpha value is -2.38. The Labute approximate surface area is 179 Å². The molecule has 1 nitrogen and oxygen atoms in total. The van der Waals surface area contributed by atoms with Crippen LogP contribution in [0.5, 0.6) is 0 Å². The molecule has 3 aromatic carbocycles. The molecule has 0 aromatic heterocycles. The van der Waals surface area contributed by atoms with Crippen molar-refractivity contribution in [2.75, 3.05) is 0 Å². The van der Waals surface area contributed by atoms with Crippen LogP contribution >= 0.6 is 11.6 Å². The zero-order valence-electron chi connectivity index (χ0n) is 17.3. The summed E-state index contributed by atoms with van der Waals surface area (Å²) in [6.07, 6.45) is 3.94. The molecule has 0 N–H and O–H groups in total. The Balaban J connectivity index is 1.67. The minimum absolute atomic E-state index is 0.0834. The second-order valence-corrected chi connectivity index (χ2v) is 8.59. The number of benzene rings is 3. The van der Waals surface area contributed by atoms with E-state index in [0.29, 0.717) is 5.92 Å². The van der Waals surface area contributed by atoms with Gasteiger partial charge < -0.3 is 0 Å². The third-order valence-corrected chi connectivity index (χ3v) is 5.59. The Morgan fingerprint density at radius 3 is 2.00 bits per heavy atom. The van der Waals surface area contributed by atoms with Crippen molar-refractivity contribution in [3.8, 4) is 11.1 Å². The number of hydrogen-bond donors (Lipinski definition) is 0. The number of halogens is 1. The first-order valence-electron chi connectivity index (χ1n) is 10.5. The van der Waals surface area contributed by atoms with E-state index in [-0.39, 0.29) is 11.7 Å². The van der Waals surface area contributed by atoms with Gasteiger partial charge in [0.2, 0.25) is 0 Å². The maximum absolute atomic E-state index is 13.2. The van der Waals surface area contributed by atoms with Gasteiger partial charge in [-0.3, -0.25) is 4.79 Å². The molecule has 0 heterocycles. The number of carbonyl (C=O) groups is 1. The van der Waals surface area contributed by atoms with Crippen molar-refractivity contribution in [1.82, 2.24) is 0 Å². The van der Waals surface area contributed by atoms with Gasteiger partial charge in [0.05, 0.1) is 0 Å². The third-order valence-electron chi connectivity index (χ3n) is 5.33. The van der Waals surface area contributed by atoms with Crippen molar-refractivity contribution < 1.29 is 4.79 Å². The molecule has 150 valence electrons. The van der Waals surface area contributed by atoms with Crippen LogP contribution in [0.2, 0.25) is 5.02 Å². The Bertz CT molecular complexity index is 896. The van der Waals surface area contributed by atoms with Crippen LogP contribution in [0, 0.1) is 11.8 Å². The van der Waals surface area contributed by atoms with Crippen molar-refractivity contribution in [3.05, 3.63) is 95.0 Å². The molecule has 0 amide bonds. The average Bonchev–Trinajstić information content (AvgIpc) is 2.74. The summed E-state index contributed by atoms with van der Waals surface area (Å²) in [4.78, 5) is 13.2. The molecule has 0 aliphatic rings. The minimum atomic E-state index is 0.0834. The van der Waals surface area contributed by atoms with Crippen LogP contribution in [-0.2, 0) is 6.42 Å². The van der Waals surface area contributed by atoms with Gasteiger partial charge in [0, 0.05) is 16.5 Å². The smallest absolute Gasteiger partial charge is 0.165 e. The number of ketones is 1. The monoisotopic (exact) mass is 404 g/mol. The van der Waals surface area contributed by atoms with E-state index in [2.05, 4.69) is 38.1 Å². The summed E-state index contributed by atoms with van der Waals surface area (Å²) in [7, 11) is 0. The Morgan fingerprint density at radius 1 is 0.828 bits per heavy atom. The molecular weight excluding hydrogens is 376 g/mol. The SMILES string of the molecule is CC(C)CC(CCCc1ccccc1)C(=O)c1ccc(-c2ccc(Cl)cc2)cc1. The first-order chi connectivity index (χ1) is 14.0. The van der Waals surface area contributed by atoms with Crippen molar-refractivity contribution in [2.24, 2.45) is 11.8 Å². The highest BCUT2D eigenvalue weighted by Gasteiger charge is 2.21. The second kappa shape index (κ2) is 10.4. The highest BCUT2D eigenvalue weighted by Crippen LogP contribution is 2.26. The standard InChI is InChI=1S/C27H29ClO/c1-20(2)19-25(10-6-9-21-7-4-3-5-8-21)27(29)24-13-11-22(12-14-24)23-15-17-26(28)18-16-23/h3-5,7-8,11-18,20,25H,6,9-10,19H2,1-2H3. The lowest BCUT2D eigenvalue weighted by Crippen LogP contribution is -2.17. The predicted octanol–water partition coefficient (Wildman–Crippen LogP) is 7.87. The molecule has 0 saturated heterocycles. The van der Waals surface area contributed by atoms with E-state index in [1.165, 1.54) is 5.56 Å². The summed E-state index contributed by atoms with van der Waals surface area (Å²) in [5, 5.41) is 0.729. The predicted molar refractivity (Wildman–Crippen MR) is 124 cm³/mol. The molecule has 0 saturated carbocycles. The lowest BCUT2D eigenvalue weighted by molar-refractivity contribution is 0.0894. The van der Waals surface area contributed by atoms with Gasteiger partial charge in [-0.1, -0.05) is 92.2 Å². The Kier molecular flexibility index (Phi) is 7.66. The van der Waals surface area contributed by atoms with E-state index in [1.807, 2.05) is 54.6 Å². The molecule has 3 rings (SSSR count). The maximum Gasteiger partial charge on any atom is 0.165 e. The quantitative estimate of drug-likeness (QED) is 0.331. The number of carbonyl (C=O) groups excluding carboxylic acids is 1. The largest absolute Gasteiger partial charge is 0.294 e. The zero-order valence-corrected chi connectivity index (χ0v) is 18.0. The lowest BCUT2D eigenvalue weighted by Gasteiger charge is -2.18. The highest BCUT2D eigenvalue weighted by atomic mass is 35.5. The molecule has 29 heavy (non-hydrogen) atoms. The van der Waals surface area contributed by atoms with E-state index in [4.69, 9.17) is 11.6 Å². The maximum atomic E-state index is 13.2. The normalized spacial score (nSPS) is 12.1. The van der Waals surface area contributed by atoms with Crippen LogP contribution < -0.4 is 0 Å². The van der Waals surface area contributed by atoms with Crippen LogP contribution in [0.1, 0.15) is 49.0 Å². The second-order valence-electron chi connectivity index (χ2n) is 8.15. The third kappa shape index (κ3) is 6.30. The van der Waals surface area contributed by atoms with Crippen LogP contribution in [0.3, 0.4) is 0 Å². The number of Topliss-reactive ketones (excluding diaryl/α,β-unsaturated/α-hetero) is 1. The molecule has 0 spiro atoms. The summed E-state index contributed by atoms with van der Waals surface area (Å²) in [6, 6.07) is 26.3. The van der Waals surface area contributed by atoms with E-state index in [1.54, 1.807) is 0 Å². The molecule has 1 atom stereocenters. The molecule has 3 aromatic rings. The molecule has 2 heteroatoms. The van der Waals surface area contributed by atoms with Crippen LogP contribution in [0.4, 0.5) is 0 Å². The van der Waals surface area contributed by atoms with Crippen molar-refractivity contribution in [3.63, 3.8) is 0 Å². The summed E-state index contributed by atoms with van der Waals surface area (Å²) >= 11 is 5.98. The first kappa shape index (κ1) is 21.3.